The maximum atomic E-state index is 15.2. The summed E-state index contributed by atoms with van der Waals surface area (Å²) >= 11 is 0. The zero-order valence-electron chi connectivity index (χ0n) is 22.4. The second-order valence-electron chi connectivity index (χ2n) is 10.4. The van der Waals surface area contributed by atoms with Gasteiger partial charge in [0.1, 0.15) is 28.6 Å². The van der Waals surface area contributed by atoms with E-state index in [2.05, 4.69) is 32.1 Å². The number of hydrogen-bond acceptors (Lipinski definition) is 7. The molecule has 0 radical (unpaired) electrons. The number of benzene rings is 1. The lowest BCUT2D eigenvalue weighted by atomic mass is 9.96. The average molecular weight is 582 g/mol. The molecule has 2 aromatic heterocycles. The van der Waals surface area contributed by atoms with Crippen LogP contribution in [0.15, 0.2) is 30.6 Å². The molecule has 2 aliphatic heterocycles. The molecule has 0 spiro atoms. The van der Waals surface area contributed by atoms with Crippen molar-refractivity contribution >= 4 is 21.7 Å². The summed E-state index contributed by atoms with van der Waals surface area (Å²) in [4.78, 5) is 14.4. The number of nitrogens with one attached hydrogen (secondary N) is 1. The number of aromatic nitrogens is 4. The molecule has 0 saturated carbocycles. The third-order valence-corrected chi connectivity index (χ3v) is 8.87. The highest BCUT2D eigenvalue weighted by Gasteiger charge is 2.37. The second-order valence-corrected chi connectivity index (χ2v) is 12.4. The molecule has 1 aromatic carbocycles. The van der Waals surface area contributed by atoms with Crippen molar-refractivity contribution in [2.45, 2.75) is 45.3 Å². The van der Waals surface area contributed by atoms with Crippen LogP contribution in [-0.2, 0) is 16.2 Å². The van der Waals surface area contributed by atoms with Gasteiger partial charge in [-0.3, -0.25) is 0 Å². The number of halogens is 4. The number of imidazole rings is 1. The SMILES string of the molecule is CCC1CN(c2ccc(-n3cc(-c4nc(NC5CCN(S(C)(=O)=O)CC5)ncc4C(F)(F)F)nc3C)c(F)c2)C1. The van der Waals surface area contributed by atoms with Crippen LogP contribution in [0.4, 0.5) is 29.2 Å². The van der Waals surface area contributed by atoms with Crippen LogP contribution < -0.4 is 10.2 Å². The van der Waals surface area contributed by atoms with Gasteiger partial charge in [-0.1, -0.05) is 6.92 Å². The Hall–Kier alpha value is -3.26. The number of aryl methyl sites for hydroxylation is 1. The van der Waals surface area contributed by atoms with Crippen molar-refractivity contribution < 1.29 is 26.0 Å². The van der Waals surface area contributed by atoms with Crippen molar-refractivity contribution in [2.24, 2.45) is 5.92 Å². The molecular formula is C26H31F4N7O2S. The highest BCUT2D eigenvalue weighted by Crippen LogP contribution is 2.37. The Balaban J connectivity index is 1.41. The Kier molecular flexibility index (Phi) is 7.50. The van der Waals surface area contributed by atoms with Crippen molar-refractivity contribution in [3.63, 3.8) is 0 Å². The van der Waals surface area contributed by atoms with Gasteiger partial charge in [0, 0.05) is 50.3 Å². The fourth-order valence-electron chi connectivity index (χ4n) is 5.13. The third kappa shape index (κ3) is 5.78. The third-order valence-electron chi connectivity index (χ3n) is 7.57. The fraction of sp³-hybridized carbons (Fsp3) is 0.500. The first-order valence-corrected chi connectivity index (χ1v) is 15.0. The van der Waals surface area contributed by atoms with Gasteiger partial charge in [-0.25, -0.2) is 32.1 Å². The zero-order valence-corrected chi connectivity index (χ0v) is 23.2. The van der Waals surface area contributed by atoms with Gasteiger partial charge in [-0.2, -0.15) is 13.2 Å². The number of anilines is 2. The molecule has 9 nitrogen and oxygen atoms in total. The maximum Gasteiger partial charge on any atom is 0.420 e. The van der Waals surface area contributed by atoms with E-state index in [1.807, 2.05) is 0 Å². The molecule has 2 aliphatic rings. The first-order valence-electron chi connectivity index (χ1n) is 13.1. The normalized spacial score (nSPS) is 17.7. The summed E-state index contributed by atoms with van der Waals surface area (Å²) in [6.07, 6.45) is 0.413. The molecule has 0 bridgehead atoms. The van der Waals surface area contributed by atoms with Crippen molar-refractivity contribution in [3.05, 3.63) is 47.8 Å². The van der Waals surface area contributed by atoms with E-state index in [1.54, 1.807) is 19.1 Å². The summed E-state index contributed by atoms with van der Waals surface area (Å²) in [5, 5.41) is 3.03. The van der Waals surface area contributed by atoms with E-state index in [-0.39, 0.29) is 36.5 Å². The Morgan fingerprint density at radius 3 is 2.42 bits per heavy atom. The Morgan fingerprint density at radius 1 is 1.12 bits per heavy atom. The number of hydrogen-bond donors (Lipinski definition) is 1. The summed E-state index contributed by atoms with van der Waals surface area (Å²) in [5.41, 5.74) is -0.625. The zero-order chi connectivity index (χ0) is 28.8. The summed E-state index contributed by atoms with van der Waals surface area (Å²) in [7, 11) is -3.31. The molecule has 0 atom stereocenters. The van der Waals surface area contributed by atoms with Crippen LogP contribution in [-0.4, -0.2) is 70.7 Å². The average Bonchev–Trinajstić information content (AvgIpc) is 3.24. The monoisotopic (exact) mass is 581 g/mol. The highest BCUT2D eigenvalue weighted by atomic mass is 32.2. The van der Waals surface area contributed by atoms with Gasteiger partial charge < -0.3 is 14.8 Å². The summed E-state index contributed by atoms with van der Waals surface area (Å²) in [6.45, 7) is 6.01. The Morgan fingerprint density at radius 2 is 1.82 bits per heavy atom. The lowest BCUT2D eigenvalue weighted by Crippen LogP contribution is -2.46. The number of sulfonamides is 1. The van der Waals surface area contributed by atoms with Crippen molar-refractivity contribution in [3.8, 4) is 17.1 Å². The highest BCUT2D eigenvalue weighted by molar-refractivity contribution is 7.88. The van der Waals surface area contributed by atoms with Crippen molar-refractivity contribution in [1.82, 2.24) is 23.8 Å². The number of alkyl halides is 3. The van der Waals surface area contributed by atoms with E-state index in [0.717, 1.165) is 31.5 Å². The molecule has 2 fully saturated rings. The van der Waals surface area contributed by atoms with Crippen molar-refractivity contribution in [2.75, 3.05) is 42.7 Å². The summed E-state index contributed by atoms with van der Waals surface area (Å²) in [5.74, 6) is 0.358. The molecule has 0 aliphatic carbocycles. The molecule has 5 rings (SSSR count). The van der Waals surface area contributed by atoms with Gasteiger partial charge in [-0.05, 0) is 50.3 Å². The summed E-state index contributed by atoms with van der Waals surface area (Å²) in [6, 6.07) is 4.62. The van der Waals surface area contributed by atoms with Gasteiger partial charge >= 0.3 is 6.18 Å². The molecule has 2 saturated heterocycles. The molecule has 1 N–H and O–H groups in total. The van der Waals surface area contributed by atoms with Crippen LogP contribution in [0.5, 0.6) is 0 Å². The van der Waals surface area contributed by atoms with Gasteiger partial charge in [0.2, 0.25) is 16.0 Å². The van der Waals surface area contributed by atoms with Crippen molar-refractivity contribution in [1.29, 1.82) is 0 Å². The van der Waals surface area contributed by atoms with Crippen LogP contribution in [0, 0.1) is 18.7 Å². The Labute approximate surface area is 230 Å². The molecule has 0 amide bonds. The second kappa shape index (κ2) is 10.6. The largest absolute Gasteiger partial charge is 0.420 e. The number of nitrogens with zero attached hydrogens (tertiary/aromatic N) is 6. The molecular weight excluding hydrogens is 550 g/mol. The van der Waals surface area contributed by atoms with E-state index in [4.69, 9.17) is 0 Å². The van der Waals surface area contributed by atoms with Crippen LogP contribution in [0.3, 0.4) is 0 Å². The molecule has 14 heteroatoms. The topological polar surface area (TPSA) is 96.2 Å². The quantitative estimate of drug-likeness (QED) is 0.411. The van der Waals surface area contributed by atoms with E-state index in [0.29, 0.717) is 30.8 Å². The van der Waals surface area contributed by atoms with E-state index in [9.17, 15) is 21.6 Å². The van der Waals surface area contributed by atoms with Crippen LogP contribution >= 0.6 is 0 Å². The van der Waals surface area contributed by atoms with Crippen LogP contribution in [0.25, 0.3) is 17.1 Å². The van der Waals surface area contributed by atoms with Crippen LogP contribution in [0.2, 0.25) is 0 Å². The molecule has 0 unspecified atom stereocenters. The minimum atomic E-state index is -4.74. The van der Waals surface area contributed by atoms with Crippen LogP contribution in [0.1, 0.15) is 37.6 Å². The van der Waals surface area contributed by atoms with E-state index < -0.39 is 33.3 Å². The Bertz CT molecular complexity index is 1500. The lowest BCUT2D eigenvalue weighted by Gasteiger charge is -2.40. The predicted octanol–water partition coefficient (Wildman–Crippen LogP) is 4.48. The van der Waals surface area contributed by atoms with Gasteiger partial charge in [-0.15, -0.1) is 0 Å². The fourth-order valence-corrected chi connectivity index (χ4v) is 6.00. The maximum absolute atomic E-state index is 15.2. The lowest BCUT2D eigenvalue weighted by molar-refractivity contribution is -0.137. The molecule has 4 heterocycles. The molecule has 3 aromatic rings. The minimum absolute atomic E-state index is 0.0246. The first-order chi connectivity index (χ1) is 18.8. The predicted molar refractivity (Wildman–Crippen MR) is 143 cm³/mol. The van der Waals surface area contributed by atoms with Gasteiger partial charge in [0.05, 0.1) is 11.9 Å². The number of piperidine rings is 1. The standard InChI is InChI=1S/C26H31F4N7O2S/c1-4-17-13-35(14-17)19-5-6-23(21(27)11-19)37-15-22(32-16(37)2)24-20(26(28,29)30)12-31-25(34-24)33-18-7-9-36(10-8-18)40(3,38)39/h5-6,11-12,15,17-18H,4,7-10,13-14H2,1-3H3,(H,31,33,34). The smallest absolute Gasteiger partial charge is 0.371 e. The molecule has 40 heavy (non-hydrogen) atoms. The van der Waals surface area contributed by atoms with Gasteiger partial charge in [0.15, 0.2) is 0 Å². The first kappa shape index (κ1) is 28.3. The minimum Gasteiger partial charge on any atom is -0.371 e. The van der Waals surface area contributed by atoms with E-state index in [1.165, 1.54) is 21.1 Å². The van der Waals surface area contributed by atoms with Gasteiger partial charge in [0.25, 0.3) is 0 Å². The number of rotatable bonds is 7. The summed E-state index contributed by atoms with van der Waals surface area (Å²) < 4.78 is 83.3. The van der Waals surface area contributed by atoms with E-state index >= 15 is 4.39 Å². The molecule has 216 valence electrons.